The van der Waals surface area contributed by atoms with Crippen LogP contribution in [0.2, 0.25) is 0 Å². The van der Waals surface area contributed by atoms with Crippen molar-refractivity contribution in [1.82, 2.24) is 5.32 Å². The van der Waals surface area contributed by atoms with Gasteiger partial charge in [-0.25, -0.2) is 4.79 Å². The summed E-state index contributed by atoms with van der Waals surface area (Å²) >= 11 is 0. The number of carbonyl (C=O) groups is 2. The monoisotopic (exact) mass is 340 g/mol. The molecule has 1 aromatic carbocycles. The maximum absolute atomic E-state index is 12.0. The van der Waals surface area contributed by atoms with E-state index >= 15 is 0 Å². The van der Waals surface area contributed by atoms with E-state index in [4.69, 9.17) is 8.83 Å². The Labute approximate surface area is 142 Å². The van der Waals surface area contributed by atoms with E-state index in [0.717, 1.165) is 10.9 Å². The molecule has 2 amide bonds. The summed E-state index contributed by atoms with van der Waals surface area (Å²) in [5.41, 5.74) is 1.30. The van der Waals surface area contributed by atoms with E-state index in [9.17, 15) is 14.4 Å². The molecule has 0 bridgehead atoms. The normalized spacial score (nSPS) is 10.6. The van der Waals surface area contributed by atoms with Gasteiger partial charge in [0.05, 0.1) is 6.26 Å². The Morgan fingerprint density at radius 2 is 2.00 bits per heavy atom. The second-order valence-corrected chi connectivity index (χ2v) is 5.49. The van der Waals surface area contributed by atoms with Gasteiger partial charge in [0.1, 0.15) is 5.58 Å². The van der Waals surface area contributed by atoms with E-state index in [-0.39, 0.29) is 30.5 Å². The van der Waals surface area contributed by atoms with E-state index in [1.54, 1.807) is 30.3 Å². The number of hydrogen-bond donors (Lipinski definition) is 2. The molecular formula is C18H16N2O5. The fourth-order valence-electron chi connectivity index (χ4n) is 2.41. The Morgan fingerprint density at radius 3 is 2.76 bits per heavy atom. The number of hydrogen-bond acceptors (Lipinski definition) is 5. The summed E-state index contributed by atoms with van der Waals surface area (Å²) in [6.07, 6.45) is 1.50. The molecule has 7 heteroatoms. The predicted octanol–water partition coefficient (Wildman–Crippen LogP) is 2.45. The molecule has 0 aliphatic carbocycles. The Kier molecular flexibility index (Phi) is 4.65. The van der Waals surface area contributed by atoms with E-state index < -0.39 is 5.63 Å². The van der Waals surface area contributed by atoms with Crippen molar-refractivity contribution in [1.29, 1.82) is 0 Å². The molecule has 0 saturated heterocycles. The smallest absolute Gasteiger partial charge is 0.336 e. The standard InChI is InChI=1S/C18H16N2O5/c1-11-9-17(22)25-15-10-12(4-5-13(11)15)20-16(21)6-7-19-18(23)14-3-2-8-24-14/h2-5,8-10H,6-7H2,1H3,(H,19,23)(H,20,21). The maximum Gasteiger partial charge on any atom is 0.336 e. The lowest BCUT2D eigenvalue weighted by molar-refractivity contribution is -0.116. The molecule has 0 unspecified atom stereocenters. The molecule has 0 fully saturated rings. The Bertz CT molecular complexity index is 973. The average molecular weight is 340 g/mol. The molecule has 3 aromatic rings. The first-order chi connectivity index (χ1) is 12.0. The molecule has 0 radical (unpaired) electrons. The average Bonchev–Trinajstić information content (AvgIpc) is 3.08. The summed E-state index contributed by atoms with van der Waals surface area (Å²) < 4.78 is 10.1. The van der Waals surface area contributed by atoms with Gasteiger partial charge in [0.25, 0.3) is 5.91 Å². The lowest BCUT2D eigenvalue weighted by Gasteiger charge is -2.07. The summed E-state index contributed by atoms with van der Waals surface area (Å²) in [6, 6.07) is 9.68. The zero-order valence-corrected chi connectivity index (χ0v) is 13.5. The Hall–Kier alpha value is -3.35. The molecule has 0 spiro atoms. The molecule has 3 rings (SSSR count). The number of aryl methyl sites for hydroxylation is 1. The fraction of sp³-hybridized carbons (Fsp3) is 0.167. The minimum absolute atomic E-state index is 0.0995. The first-order valence-corrected chi connectivity index (χ1v) is 7.69. The Balaban J connectivity index is 1.58. The highest BCUT2D eigenvalue weighted by molar-refractivity contribution is 5.95. The number of rotatable bonds is 5. The zero-order valence-electron chi connectivity index (χ0n) is 13.5. The van der Waals surface area contributed by atoms with Crippen LogP contribution in [-0.2, 0) is 4.79 Å². The molecular weight excluding hydrogens is 324 g/mol. The van der Waals surface area contributed by atoms with Gasteiger partial charge in [0, 0.05) is 36.2 Å². The molecule has 128 valence electrons. The van der Waals surface area contributed by atoms with Crippen molar-refractivity contribution in [2.75, 3.05) is 11.9 Å². The van der Waals surface area contributed by atoms with Crippen LogP contribution in [0.15, 0.2) is 56.3 Å². The van der Waals surface area contributed by atoms with Gasteiger partial charge in [-0.2, -0.15) is 0 Å². The van der Waals surface area contributed by atoms with E-state index in [1.807, 2.05) is 6.92 Å². The number of benzene rings is 1. The maximum atomic E-state index is 12.0. The summed E-state index contributed by atoms with van der Waals surface area (Å²) in [5.74, 6) is -0.449. The highest BCUT2D eigenvalue weighted by Gasteiger charge is 2.10. The highest BCUT2D eigenvalue weighted by atomic mass is 16.4. The van der Waals surface area contributed by atoms with Crippen molar-refractivity contribution in [2.45, 2.75) is 13.3 Å². The molecule has 25 heavy (non-hydrogen) atoms. The third-order valence-corrected chi connectivity index (χ3v) is 3.62. The van der Waals surface area contributed by atoms with Crippen molar-refractivity contribution >= 4 is 28.5 Å². The van der Waals surface area contributed by atoms with Gasteiger partial charge in [-0.05, 0) is 36.8 Å². The minimum Gasteiger partial charge on any atom is -0.459 e. The number of furan rings is 1. The molecule has 2 N–H and O–H groups in total. The quantitative estimate of drug-likeness (QED) is 0.695. The van der Waals surface area contributed by atoms with Crippen LogP contribution < -0.4 is 16.3 Å². The third-order valence-electron chi connectivity index (χ3n) is 3.62. The molecule has 2 heterocycles. The third kappa shape index (κ3) is 3.95. The van der Waals surface area contributed by atoms with E-state index in [2.05, 4.69) is 10.6 Å². The van der Waals surface area contributed by atoms with Crippen LogP contribution in [-0.4, -0.2) is 18.4 Å². The van der Waals surface area contributed by atoms with Gasteiger partial charge in [0.2, 0.25) is 5.91 Å². The number of anilines is 1. The number of amides is 2. The van der Waals surface area contributed by atoms with Gasteiger partial charge < -0.3 is 19.5 Å². The van der Waals surface area contributed by atoms with E-state index in [1.165, 1.54) is 12.3 Å². The molecule has 2 aromatic heterocycles. The van der Waals surface area contributed by atoms with Crippen LogP contribution in [0.5, 0.6) is 0 Å². The number of nitrogens with one attached hydrogen (secondary N) is 2. The van der Waals surface area contributed by atoms with Crippen LogP contribution in [0.25, 0.3) is 11.0 Å². The van der Waals surface area contributed by atoms with Gasteiger partial charge in [0.15, 0.2) is 5.76 Å². The van der Waals surface area contributed by atoms with Crippen LogP contribution in [0.4, 0.5) is 5.69 Å². The lowest BCUT2D eigenvalue weighted by atomic mass is 10.1. The first kappa shape index (κ1) is 16.5. The minimum atomic E-state index is -0.436. The number of fused-ring (bicyclic) bond motifs is 1. The van der Waals surface area contributed by atoms with Crippen LogP contribution in [0, 0.1) is 6.92 Å². The SMILES string of the molecule is Cc1cc(=O)oc2cc(NC(=O)CCNC(=O)c3ccco3)ccc12. The second-order valence-electron chi connectivity index (χ2n) is 5.49. The molecule has 0 aliphatic rings. The van der Waals surface area contributed by atoms with Gasteiger partial charge in [-0.15, -0.1) is 0 Å². The summed E-state index contributed by atoms with van der Waals surface area (Å²) in [4.78, 5) is 35.1. The van der Waals surface area contributed by atoms with Crippen LogP contribution in [0.3, 0.4) is 0 Å². The molecule has 0 aliphatic heterocycles. The van der Waals surface area contributed by atoms with Crippen molar-refractivity contribution in [3.8, 4) is 0 Å². The number of carbonyl (C=O) groups excluding carboxylic acids is 2. The van der Waals surface area contributed by atoms with Crippen molar-refractivity contribution in [3.05, 3.63) is 64.4 Å². The first-order valence-electron chi connectivity index (χ1n) is 7.69. The van der Waals surface area contributed by atoms with Gasteiger partial charge in [-0.1, -0.05) is 0 Å². The molecule has 0 atom stereocenters. The van der Waals surface area contributed by atoms with Gasteiger partial charge >= 0.3 is 5.63 Å². The largest absolute Gasteiger partial charge is 0.459 e. The van der Waals surface area contributed by atoms with Crippen LogP contribution in [0.1, 0.15) is 22.5 Å². The topological polar surface area (TPSA) is 102 Å². The fourth-order valence-corrected chi connectivity index (χ4v) is 2.41. The van der Waals surface area contributed by atoms with Gasteiger partial charge in [-0.3, -0.25) is 9.59 Å². The summed E-state index contributed by atoms with van der Waals surface area (Å²) in [7, 11) is 0. The van der Waals surface area contributed by atoms with Crippen LogP contribution >= 0.6 is 0 Å². The Morgan fingerprint density at radius 1 is 1.16 bits per heavy atom. The van der Waals surface area contributed by atoms with E-state index in [0.29, 0.717) is 11.3 Å². The molecule has 0 saturated carbocycles. The lowest BCUT2D eigenvalue weighted by Crippen LogP contribution is -2.27. The second kappa shape index (κ2) is 7.04. The van der Waals surface area contributed by atoms with Crippen molar-refractivity contribution in [2.24, 2.45) is 0 Å². The highest BCUT2D eigenvalue weighted by Crippen LogP contribution is 2.20. The van der Waals surface area contributed by atoms with Crippen molar-refractivity contribution < 1.29 is 18.4 Å². The zero-order chi connectivity index (χ0) is 17.8. The predicted molar refractivity (Wildman–Crippen MR) is 91.5 cm³/mol. The van der Waals surface area contributed by atoms with Crippen molar-refractivity contribution in [3.63, 3.8) is 0 Å². The molecule has 7 nitrogen and oxygen atoms in total. The summed E-state index contributed by atoms with van der Waals surface area (Å²) in [6.45, 7) is 1.99. The summed E-state index contributed by atoms with van der Waals surface area (Å²) in [5, 5.41) is 6.11.